The third-order valence-corrected chi connectivity index (χ3v) is 4.31. The molecule has 2 N–H and O–H groups in total. The molecule has 2 heterocycles. The quantitative estimate of drug-likeness (QED) is 0.873. The fourth-order valence-corrected chi connectivity index (χ4v) is 2.88. The fraction of sp³-hybridized carbons (Fsp3) is 0.333. The van der Waals surface area contributed by atoms with Crippen LogP contribution in [-0.4, -0.2) is 36.2 Å². The van der Waals surface area contributed by atoms with Gasteiger partial charge in [-0.1, -0.05) is 17.3 Å². The molecule has 1 amide bonds. The van der Waals surface area contributed by atoms with E-state index in [9.17, 15) is 4.79 Å². The summed E-state index contributed by atoms with van der Waals surface area (Å²) in [7, 11) is 1.63. The van der Waals surface area contributed by atoms with Crippen LogP contribution in [0.15, 0.2) is 40.9 Å². The lowest BCUT2D eigenvalue weighted by atomic mass is 9.93. The number of rotatable bonds is 4. The number of anilines is 1. The van der Waals surface area contributed by atoms with Crippen molar-refractivity contribution in [2.24, 2.45) is 0 Å². The third kappa shape index (κ3) is 3.76. The highest BCUT2D eigenvalue weighted by atomic mass is 16.5. The Morgan fingerprint density at radius 1 is 1.33 bits per heavy atom. The van der Waals surface area contributed by atoms with E-state index >= 15 is 0 Å². The molecule has 126 valence electrons. The predicted octanol–water partition coefficient (Wildman–Crippen LogP) is 2.68. The van der Waals surface area contributed by atoms with E-state index in [1.807, 2.05) is 35.2 Å². The summed E-state index contributed by atoms with van der Waals surface area (Å²) in [5, 5.41) is 3.97. The van der Waals surface area contributed by atoms with E-state index in [0.717, 1.165) is 29.8 Å². The molecule has 0 saturated carbocycles. The van der Waals surface area contributed by atoms with Gasteiger partial charge in [-0.15, -0.1) is 0 Å². The fourth-order valence-electron chi connectivity index (χ4n) is 2.88. The molecule has 0 bridgehead atoms. The highest BCUT2D eigenvalue weighted by Gasteiger charge is 2.24. The molecule has 3 rings (SSSR count). The first kappa shape index (κ1) is 16.1. The molecular formula is C18H21N3O3. The molecule has 24 heavy (non-hydrogen) atoms. The van der Waals surface area contributed by atoms with Crippen LogP contribution >= 0.6 is 0 Å². The number of ether oxygens (including phenoxy) is 1. The van der Waals surface area contributed by atoms with Crippen molar-refractivity contribution in [1.29, 1.82) is 0 Å². The summed E-state index contributed by atoms with van der Waals surface area (Å²) < 4.78 is 10.0. The van der Waals surface area contributed by atoms with Crippen molar-refractivity contribution in [2.45, 2.75) is 18.8 Å². The molecule has 0 spiro atoms. The summed E-state index contributed by atoms with van der Waals surface area (Å²) in [5.74, 6) is 1.48. The molecule has 0 unspecified atom stereocenters. The van der Waals surface area contributed by atoms with E-state index in [-0.39, 0.29) is 5.91 Å². The molecule has 1 aliphatic rings. The van der Waals surface area contributed by atoms with Crippen molar-refractivity contribution in [1.82, 2.24) is 10.1 Å². The minimum absolute atomic E-state index is 0.0314. The Bertz CT molecular complexity index is 713. The number of carbonyl (C=O) groups excluding carboxylic acids is 1. The van der Waals surface area contributed by atoms with Gasteiger partial charge in [0.25, 0.3) is 0 Å². The van der Waals surface area contributed by atoms with Crippen molar-refractivity contribution in [3.8, 4) is 5.75 Å². The molecule has 1 aromatic heterocycles. The Morgan fingerprint density at radius 3 is 2.62 bits per heavy atom. The van der Waals surface area contributed by atoms with Gasteiger partial charge in [-0.05, 0) is 36.6 Å². The van der Waals surface area contributed by atoms with Crippen molar-refractivity contribution < 1.29 is 14.1 Å². The van der Waals surface area contributed by atoms with Gasteiger partial charge in [-0.3, -0.25) is 4.79 Å². The van der Waals surface area contributed by atoms with Crippen molar-refractivity contribution in [2.75, 3.05) is 25.9 Å². The standard InChI is InChI=1S/C18H21N3O3/c1-23-15-5-2-13(3-6-15)4-7-18(22)21-10-8-14(9-11-21)16-12-17(19)24-20-16/h2-7,12,14H,8-11,19H2,1H3. The van der Waals surface area contributed by atoms with E-state index in [2.05, 4.69) is 5.16 Å². The number of aromatic nitrogens is 1. The summed E-state index contributed by atoms with van der Waals surface area (Å²) in [5.41, 5.74) is 7.42. The van der Waals surface area contributed by atoms with Gasteiger partial charge in [-0.2, -0.15) is 0 Å². The SMILES string of the molecule is COc1ccc(C=CC(=O)N2CCC(c3cc(N)on3)CC2)cc1. The number of hydrogen-bond donors (Lipinski definition) is 1. The molecular weight excluding hydrogens is 306 g/mol. The Hall–Kier alpha value is -2.76. The highest BCUT2D eigenvalue weighted by molar-refractivity contribution is 5.91. The van der Waals surface area contributed by atoms with Crippen LogP contribution in [0.4, 0.5) is 5.88 Å². The first-order valence-electron chi connectivity index (χ1n) is 7.99. The lowest BCUT2D eigenvalue weighted by molar-refractivity contribution is -0.126. The molecule has 2 aromatic rings. The Kier molecular flexibility index (Phi) is 4.84. The lowest BCUT2D eigenvalue weighted by Gasteiger charge is -2.30. The summed E-state index contributed by atoms with van der Waals surface area (Å²) in [6.45, 7) is 1.42. The molecule has 6 nitrogen and oxygen atoms in total. The number of carbonyl (C=O) groups is 1. The van der Waals surface area contributed by atoms with Gasteiger partial charge in [-0.25, -0.2) is 0 Å². The maximum atomic E-state index is 12.3. The predicted molar refractivity (Wildman–Crippen MR) is 91.5 cm³/mol. The second-order valence-corrected chi connectivity index (χ2v) is 5.86. The Balaban J connectivity index is 1.53. The molecule has 0 radical (unpaired) electrons. The largest absolute Gasteiger partial charge is 0.497 e. The summed E-state index contributed by atoms with van der Waals surface area (Å²) in [6.07, 6.45) is 5.19. The lowest BCUT2D eigenvalue weighted by Crippen LogP contribution is -2.36. The first-order valence-corrected chi connectivity index (χ1v) is 7.99. The van der Waals surface area contributed by atoms with Gasteiger partial charge in [0.2, 0.25) is 11.8 Å². The molecule has 1 fully saturated rings. The smallest absolute Gasteiger partial charge is 0.246 e. The van der Waals surface area contributed by atoms with Gasteiger partial charge >= 0.3 is 0 Å². The van der Waals surface area contributed by atoms with E-state index in [0.29, 0.717) is 24.9 Å². The number of piperidine rings is 1. The van der Waals surface area contributed by atoms with Crippen molar-refractivity contribution in [3.63, 3.8) is 0 Å². The van der Waals surface area contributed by atoms with E-state index in [1.54, 1.807) is 19.3 Å². The summed E-state index contributed by atoms with van der Waals surface area (Å²) in [6, 6.07) is 9.36. The minimum Gasteiger partial charge on any atom is -0.497 e. The zero-order valence-corrected chi connectivity index (χ0v) is 13.6. The molecule has 1 saturated heterocycles. The van der Waals surface area contributed by atoms with Crippen LogP contribution in [-0.2, 0) is 4.79 Å². The van der Waals surface area contributed by atoms with Crippen LogP contribution in [0.5, 0.6) is 5.75 Å². The van der Waals surface area contributed by atoms with Gasteiger partial charge in [0.05, 0.1) is 12.8 Å². The maximum Gasteiger partial charge on any atom is 0.246 e. The first-order chi connectivity index (χ1) is 11.7. The van der Waals surface area contributed by atoms with Gasteiger partial charge < -0.3 is 19.9 Å². The molecule has 0 atom stereocenters. The van der Waals surface area contributed by atoms with Crippen LogP contribution < -0.4 is 10.5 Å². The second kappa shape index (κ2) is 7.21. The van der Waals surface area contributed by atoms with Crippen LogP contribution in [0.2, 0.25) is 0 Å². The number of nitrogen functional groups attached to an aromatic ring is 1. The van der Waals surface area contributed by atoms with Crippen molar-refractivity contribution >= 4 is 17.9 Å². The average Bonchev–Trinajstić information content (AvgIpc) is 3.06. The molecule has 0 aliphatic carbocycles. The van der Waals surface area contributed by atoms with Gasteiger partial charge in [0.15, 0.2) is 0 Å². The van der Waals surface area contributed by atoms with Crippen LogP contribution in [0.25, 0.3) is 6.08 Å². The highest BCUT2D eigenvalue weighted by Crippen LogP contribution is 2.28. The summed E-state index contributed by atoms with van der Waals surface area (Å²) in [4.78, 5) is 14.2. The zero-order valence-electron chi connectivity index (χ0n) is 13.6. The van der Waals surface area contributed by atoms with Crippen molar-refractivity contribution in [3.05, 3.63) is 47.7 Å². The number of nitrogens with two attached hydrogens (primary N) is 1. The summed E-state index contributed by atoms with van der Waals surface area (Å²) >= 11 is 0. The number of nitrogens with zero attached hydrogens (tertiary/aromatic N) is 2. The van der Waals surface area contributed by atoms with Crippen LogP contribution in [0.1, 0.15) is 30.0 Å². The topological polar surface area (TPSA) is 81.6 Å². The Labute approximate surface area is 140 Å². The molecule has 6 heteroatoms. The number of methoxy groups -OCH3 is 1. The van der Waals surface area contributed by atoms with Gasteiger partial charge in [0.1, 0.15) is 5.75 Å². The van der Waals surface area contributed by atoms with Crippen LogP contribution in [0, 0.1) is 0 Å². The third-order valence-electron chi connectivity index (χ3n) is 4.31. The van der Waals surface area contributed by atoms with Crippen LogP contribution in [0.3, 0.4) is 0 Å². The number of benzene rings is 1. The average molecular weight is 327 g/mol. The number of hydrogen-bond acceptors (Lipinski definition) is 5. The van der Waals surface area contributed by atoms with E-state index in [1.165, 1.54) is 0 Å². The van der Waals surface area contributed by atoms with E-state index < -0.39 is 0 Å². The Morgan fingerprint density at radius 2 is 2.04 bits per heavy atom. The van der Waals surface area contributed by atoms with E-state index in [4.69, 9.17) is 15.0 Å². The maximum absolute atomic E-state index is 12.3. The monoisotopic (exact) mass is 327 g/mol. The number of likely N-dealkylation sites (tertiary alicyclic amines) is 1. The normalized spacial score (nSPS) is 15.8. The zero-order chi connectivity index (χ0) is 16.9. The minimum atomic E-state index is 0.0314. The number of amides is 1. The molecule has 1 aliphatic heterocycles. The molecule has 1 aromatic carbocycles. The van der Waals surface area contributed by atoms with Gasteiger partial charge in [0, 0.05) is 31.1 Å². The second-order valence-electron chi connectivity index (χ2n) is 5.86.